The minimum absolute atomic E-state index is 0.00770. The summed E-state index contributed by atoms with van der Waals surface area (Å²) in [5.41, 5.74) is -0.00770. The molecule has 0 spiro atoms. The summed E-state index contributed by atoms with van der Waals surface area (Å²) in [4.78, 5) is 11.6. The van der Waals surface area contributed by atoms with Gasteiger partial charge < -0.3 is 5.32 Å². The van der Waals surface area contributed by atoms with Crippen LogP contribution in [0.5, 0.6) is 0 Å². The lowest BCUT2D eigenvalue weighted by atomic mass is 10.3. The second-order valence-electron chi connectivity index (χ2n) is 4.55. The van der Waals surface area contributed by atoms with Crippen LogP contribution < -0.4 is 5.32 Å². The third kappa shape index (κ3) is 4.11. The number of hydrogen-bond donors (Lipinski definition) is 1. The number of hydrogen-bond acceptors (Lipinski definition) is 3. The summed E-state index contributed by atoms with van der Waals surface area (Å²) >= 11 is 0. The molecule has 2 rings (SSSR count). The van der Waals surface area contributed by atoms with Crippen LogP contribution in [0.3, 0.4) is 0 Å². The zero-order chi connectivity index (χ0) is 16.2. The van der Waals surface area contributed by atoms with E-state index in [0.29, 0.717) is 0 Å². The molecule has 7 heteroatoms. The third-order valence-electron chi connectivity index (χ3n) is 2.92. The fourth-order valence-corrected chi connectivity index (χ4v) is 3.00. The fourth-order valence-electron chi connectivity index (χ4n) is 1.76. The molecule has 1 N–H and O–H groups in total. The predicted molar refractivity (Wildman–Crippen MR) is 78.1 cm³/mol. The molecular formula is C15H13F2NO3S. The van der Waals surface area contributed by atoms with Gasteiger partial charge in [0.1, 0.15) is 11.6 Å². The van der Waals surface area contributed by atoms with Crippen LogP contribution in [0.15, 0.2) is 53.4 Å². The number of carbonyl (C=O) groups excluding carboxylic acids is 1. The van der Waals surface area contributed by atoms with E-state index in [1.807, 2.05) is 0 Å². The van der Waals surface area contributed by atoms with Gasteiger partial charge in [0.2, 0.25) is 5.91 Å². The highest BCUT2D eigenvalue weighted by Crippen LogP contribution is 2.15. The molecule has 0 aliphatic heterocycles. The summed E-state index contributed by atoms with van der Waals surface area (Å²) < 4.78 is 50.1. The highest BCUT2D eigenvalue weighted by atomic mass is 32.2. The zero-order valence-corrected chi connectivity index (χ0v) is 12.2. The van der Waals surface area contributed by atoms with Crippen LogP contribution in [0.25, 0.3) is 0 Å². The lowest BCUT2D eigenvalue weighted by Gasteiger charge is -2.07. The molecule has 0 saturated carbocycles. The molecule has 1 amide bonds. The van der Waals surface area contributed by atoms with Crippen molar-refractivity contribution in [2.75, 3.05) is 11.1 Å². The van der Waals surface area contributed by atoms with E-state index in [-0.39, 0.29) is 17.0 Å². The van der Waals surface area contributed by atoms with Crippen LogP contribution in [0.2, 0.25) is 0 Å². The Bertz CT molecular complexity index is 774. The molecule has 22 heavy (non-hydrogen) atoms. The lowest BCUT2D eigenvalue weighted by Crippen LogP contribution is -2.18. The summed E-state index contributed by atoms with van der Waals surface area (Å²) in [6.07, 6.45) is -0.325. The first-order valence-electron chi connectivity index (χ1n) is 6.41. The number of carbonyl (C=O) groups is 1. The monoisotopic (exact) mass is 325 g/mol. The zero-order valence-electron chi connectivity index (χ0n) is 11.4. The Morgan fingerprint density at radius 1 is 1.00 bits per heavy atom. The van der Waals surface area contributed by atoms with Crippen LogP contribution in [0, 0.1) is 11.6 Å². The van der Waals surface area contributed by atoms with Gasteiger partial charge in [-0.05, 0) is 36.4 Å². The van der Waals surface area contributed by atoms with Gasteiger partial charge in [0.25, 0.3) is 0 Å². The van der Waals surface area contributed by atoms with Gasteiger partial charge in [-0.25, -0.2) is 17.2 Å². The van der Waals surface area contributed by atoms with Crippen molar-refractivity contribution in [3.63, 3.8) is 0 Å². The topological polar surface area (TPSA) is 63.2 Å². The molecular weight excluding hydrogens is 312 g/mol. The van der Waals surface area contributed by atoms with Crippen LogP contribution in [-0.4, -0.2) is 20.1 Å². The Labute approximate surface area is 126 Å². The van der Waals surface area contributed by atoms with Crippen molar-refractivity contribution in [3.8, 4) is 0 Å². The number of nitrogens with one attached hydrogen (secondary N) is 1. The van der Waals surface area contributed by atoms with Crippen LogP contribution in [0.1, 0.15) is 6.42 Å². The van der Waals surface area contributed by atoms with Crippen molar-refractivity contribution in [2.45, 2.75) is 11.3 Å². The Balaban J connectivity index is 1.98. The van der Waals surface area contributed by atoms with Gasteiger partial charge in [-0.2, -0.15) is 0 Å². The SMILES string of the molecule is O=C(CCS(=O)(=O)c1ccc(F)cc1)Nc1ccccc1F. The smallest absolute Gasteiger partial charge is 0.225 e. The van der Waals surface area contributed by atoms with E-state index in [9.17, 15) is 22.0 Å². The van der Waals surface area contributed by atoms with Crippen molar-refractivity contribution >= 4 is 21.4 Å². The van der Waals surface area contributed by atoms with Gasteiger partial charge in [-0.3, -0.25) is 4.79 Å². The van der Waals surface area contributed by atoms with Crippen molar-refractivity contribution in [1.29, 1.82) is 0 Å². The molecule has 0 radical (unpaired) electrons. The highest BCUT2D eigenvalue weighted by Gasteiger charge is 2.17. The second kappa shape index (κ2) is 6.65. The molecule has 0 unspecified atom stereocenters. The largest absolute Gasteiger partial charge is 0.324 e. The van der Waals surface area contributed by atoms with Crippen molar-refractivity contribution < 1.29 is 22.0 Å². The molecule has 4 nitrogen and oxygen atoms in total. The predicted octanol–water partition coefficient (Wildman–Crippen LogP) is 2.77. The molecule has 0 heterocycles. The van der Waals surface area contributed by atoms with E-state index in [1.54, 1.807) is 6.07 Å². The molecule has 0 fully saturated rings. The van der Waals surface area contributed by atoms with Gasteiger partial charge in [0.15, 0.2) is 9.84 Å². The average Bonchev–Trinajstić information content (AvgIpc) is 2.48. The maximum atomic E-state index is 13.4. The van der Waals surface area contributed by atoms with E-state index in [1.165, 1.54) is 18.2 Å². The molecule has 0 aliphatic rings. The molecule has 116 valence electrons. The summed E-state index contributed by atoms with van der Waals surface area (Å²) in [5, 5.41) is 2.30. The van der Waals surface area contributed by atoms with E-state index in [4.69, 9.17) is 0 Å². The standard InChI is InChI=1S/C15H13F2NO3S/c16-11-5-7-12(8-6-11)22(20,21)10-9-15(19)18-14-4-2-1-3-13(14)17/h1-8H,9-10H2,(H,18,19). The number of sulfone groups is 1. The summed E-state index contributed by atoms with van der Waals surface area (Å²) in [7, 11) is -3.70. The first-order chi connectivity index (χ1) is 10.4. The molecule has 0 bridgehead atoms. The van der Waals surface area contributed by atoms with E-state index in [0.717, 1.165) is 24.3 Å². The number of rotatable bonds is 5. The third-order valence-corrected chi connectivity index (χ3v) is 4.65. The fraction of sp³-hybridized carbons (Fsp3) is 0.133. The molecule has 0 atom stereocenters. The Morgan fingerprint density at radius 3 is 2.27 bits per heavy atom. The molecule has 2 aromatic carbocycles. The number of amides is 1. The first kappa shape index (κ1) is 16.1. The number of halogens is 2. The van der Waals surface area contributed by atoms with E-state index in [2.05, 4.69) is 5.32 Å². The van der Waals surface area contributed by atoms with Crippen molar-refractivity contribution in [1.82, 2.24) is 0 Å². The van der Waals surface area contributed by atoms with Gasteiger partial charge >= 0.3 is 0 Å². The van der Waals surface area contributed by atoms with E-state index < -0.39 is 33.1 Å². The summed E-state index contributed by atoms with van der Waals surface area (Å²) in [5.74, 6) is -2.21. The van der Waals surface area contributed by atoms with Crippen LogP contribution in [0.4, 0.5) is 14.5 Å². The van der Waals surface area contributed by atoms with Gasteiger partial charge in [-0.15, -0.1) is 0 Å². The minimum atomic E-state index is -3.70. The number of para-hydroxylation sites is 1. The molecule has 0 aromatic heterocycles. The molecule has 0 saturated heterocycles. The average molecular weight is 325 g/mol. The molecule has 2 aromatic rings. The first-order valence-corrected chi connectivity index (χ1v) is 8.06. The second-order valence-corrected chi connectivity index (χ2v) is 6.66. The van der Waals surface area contributed by atoms with E-state index >= 15 is 0 Å². The maximum Gasteiger partial charge on any atom is 0.225 e. The Hall–Kier alpha value is -2.28. The normalized spacial score (nSPS) is 11.2. The highest BCUT2D eigenvalue weighted by molar-refractivity contribution is 7.91. The number of benzene rings is 2. The quantitative estimate of drug-likeness (QED) is 0.860. The molecule has 0 aliphatic carbocycles. The lowest BCUT2D eigenvalue weighted by molar-refractivity contribution is -0.115. The number of anilines is 1. The van der Waals surface area contributed by atoms with Gasteiger partial charge in [-0.1, -0.05) is 12.1 Å². The minimum Gasteiger partial charge on any atom is -0.324 e. The van der Waals surface area contributed by atoms with Crippen LogP contribution in [-0.2, 0) is 14.6 Å². The Kier molecular flexibility index (Phi) is 4.87. The summed E-state index contributed by atoms with van der Waals surface area (Å²) in [6, 6.07) is 9.93. The Morgan fingerprint density at radius 2 is 1.64 bits per heavy atom. The summed E-state index contributed by atoms with van der Waals surface area (Å²) in [6.45, 7) is 0. The van der Waals surface area contributed by atoms with Crippen LogP contribution >= 0.6 is 0 Å². The van der Waals surface area contributed by atoms with Crippen molar-refractivity contribution in [2.24, 2.45) is 0 Å². The van der Waals surface area contributed by atoms with Gasteiger partial charge in [0, 0.05) is 6.42 Å². The van der Waals surface area contributed by atoms with Crippen molar-refractivity contribution in [3.05, 3.63) is 60.2 Å². The van der Waals surface area contributed by atoms with Gasteiger partial charge in [0.05, 0.1) is 16.3 Å². The maximum absolute atomic E-state index is 13.4.